The minimum atomic E-state index is -0.582. The number of halogens is 2. The van der Waals surface area contributed by atoms with Crippen LogP contribution in [-0.4, -0.2) is 9.78 Å². The first kappa shape index (κ1) is 12.8. The van der Waals surface area contributed by atoms with E-state index in [1.807, 2.05) is 0 Å². The van der Waals surface area contributed by atoms with Gasteiger partial charge in [0, 0.05) is 24.6 Å². The van der Waals surface area contributed by atoms with E-state index in [0.29, 0.717) is 34.7 Å². The maximum atomic E-state index is 14.1. The molecule has 1 aromatic carbocycles. The molecular weight excluding hydrogens is 272 g/mol. The average molecular weight is 289 g/mol. The molecule has 0 radical (unpaired) electrons. The summed E-state index contributed by atoms with van der Waals surface area (Å²) in [5, 5.41) is 4.53. The van der Waals surface area contributed by atoms with Gasteiger partial charge in [-0.3, -0.25) is 4.68 Å². The summed E-state index contributed by atoms with van der Waals surface area (Å²) in [6.45, 7) is 0. The summed E-state index contributed by atoms with van der Waals surface area (Å²) in [4.78, 5) is 0. The fourth-order valence-corrected chi connectivity index (χ4v) is 3.99. The highest BCUT2D eigenvalue weighted by molar-refractivity contribution is 5.78. The fourth-order valence-electron chi connectivity index (χ4n) is 3.99. The van der Waals surface area contributed by atoms with E-state index in [1.165, 1.54) is 31.4 Å². The third-order valence-corrected chi connectivity index (χ3v) is 5.04. The van der Waals surface area contributed by atoms with Crippen LogP contribution in [0.4, 0.5) is 14.6 Å². The number of anilines is 1. The Kier molecular flexibility index (Phi) is 2.62. The van der Waals surface area contributed by atoms with Gasteiger partial charge >= 0.3 is 0 Å². The van der Waals surface area contributed by atoms with Crippen LogP contribution in [0, 0.1) is 23.5 Å². The Balaban J connectivity index is 1.84. The van der Waals surface area contributed by atoms with Gasteiger partial charge in [0.2, 0.25) is 0 Å². The molecule has 110 valence electrons. The Labute approximate surface area is 121 Å². The monoisotopic (exact) mass is 289 g/mol. The third kappa shape index (κ3) is 1.79. The molecule has 1 aromatic heterocycles. The van der Waals surface area contributed by atoms with E-state index in [9.17, 15) is 8.78 Å². The quantitative estimate of drug-likeness (QED) is 0.920. The molecule has 0 aliphatic heterocycles. The lowest BCUT2D eigenvalue weighted by Crippen LogP contribution is -1.98. The maximum absolute atomic E-state index is 14.1. The molecule has 3 nitrogen and oxygen atoms in total. The smallest absolute Gasteiger partial charge is 0.134 e. The van der Waals surface area contributed by atoms with E-state index >= 15 is 0 Å². The van der Waals surface area contributed by atoms with Gasteiger partial charge < -0.3 is 5.73 Å². The van der Waals surface area contributed by atoms with Crippen LogP contribution in [0.25, 0.3) is 11.1 Å². The lowest BCUT2D eigenvalue weighted by Gasteiger charge is -2.07. The lowest BCUT2D eigenvalue weighted by atomic mass is 9.99. The Morgan fingerprint density at radius 1 is 1.24 bits per heavy atom. The first-order valence-corrected chi connectivity index (χ1v) is 7.35. The molecule has 0 bridgehead atoms. The van der Waals surface area contributed by atoms with Crippen molar-refractivity contribution in [2.75, 3.05) is 5.73 Å². The van der Waals surface area contributed by atoms with Crippen molar-refractivity contribution in [3.63, 3.8) is 0 Å². The van der Waals surface area contributed by atoms with E-state index in [4.69, 9.17) is 5.73 Å². The Bertz CT molecular complexity index is 713. The Morgan fingerprint density at radius 2 is 1.95 bits per heavy atom. The van der Waals surface area contributed by atoms with E-state index in [-0.39, 0.29) is 0 Å². The lowest BCUT2D eigenvalue weighted by molar-refractivity contribution is 0.585. The molecule has 5 heteroatoms. The van der Waals surface area contributed by atoms with Crippen LogP contribution < -0.4 is 5.73 Å². The first-order valence-electron chi connectivity index (χ1n) is 7.35. The third-order valence-electron chi connectivity index (χ3n) is 5.04. The highest BCUT2D eigenvalue weighted by atomic mass is 19.1. The van der Waals surface area contributed by atoms with Crippen LogP contribution in [0.5, 0.6) is 0 Å². The van der Waals surface area contributed by atoms with Crippen molar-refractivity contribution in [3.05, 3.63) is 35.5 Å². The summed E-state index contributed by atoms with van der Waals surface area (Å²) < 4.78 is 28.9. The largest absolute Gasteiger partial charge is 0.383 e. The minimum absolute atomic E-state index is 0.349. The molecular formula is C16H17F2N3. The van der Waals surface area contributed by atoms with Gasteiger partial charge in [-0.05, 0) is 36.8 Å². The number of nitrogens with zero attached hydrogens (tertiary/aromatic N) is 2. The predicted octanol–water partition coefficient (Wildman–Crippen LogP) is 3.46. The van der Waals surface area contributed by atoms with Crippen molar-refractivity contribution in [1.82, 2.24) is 9.78 Å². The number of rotatable bonds is 2. The molecule has 1 heterocycles. The molecule has 2 aromatic rings. The molecule has 2 fully saturated rings. The summed E-state index contributed by atoms with van der Waals surface area (Å²) in [5.74, 6) is 1.01. The highest BCUT2D eigenvalue weighted by Gasteiger charge is 2.55. The second-order valence-electron chi connectivity index (χ2n) is 6.18. The number of nitrogen functional groups attached to an aromatic ring is 1. The molecule has 4 rings (SSSR count). The number of aromatic nitrogens is 2. The maximum Gasteiger partial charge on any atom is 0.134 e. The molecule has 2 N–H and O–H groups in total. The van der Waals surface area contributed by atoms with Crippen LogP contribution in [0.3, 0.4) is 0 Å². The van der Waals surface area contributed by atoms with Gasteiger partial charge in [-0.1, -0.05) is 6.42 Å². The number of benzene rings is 1. The zero-order valence-corrected chi connectivity index (χ0v) is 11.8. The number of fused-ring (bicyclic) bond motifs is 1. The molecule has 0 spiro atoms. The van der Waals surface area contributed by atoms with Gasteiger partial charge in [-0.25, -0.2) is 8.78 Å². The van der Waals surface area contributed by atoms with E-state index < -0.39 is 11.6 Å². The van der Waals surface area contributed by atoms with Crippen LogP contribution in [0.1, 0.15) is 30.9 Å². The fraction of sp³-hybridized carbons (Fsp3) is 0.438. The Hall–Kier alpha value is -1.91. The molecule has 2 aliphatic carbocycles. The highest BCUT2D eigenvalue weighted by Crippen LogP contribution is 2.64. The summed E-state index contributed by atoms with van der Waals surface area (Å²) in [6, 6.07) is 3.63. The van der Waals surface area contributed by atoms with Gasteiger partial charge in [0.25, 0.3) is 0 Å². The van der Waals surface area contributed by atoms with Crippen molar-refractivity contribution in [1.29, 1.82) is 0 Å². The molecule has 0 amide bonds. The minimum Gasteiger partial charge on any atom is -0.383 e. The number of aryl methyl sites for hydroxylation is 1. The number of nitrogens with two attached hydrogens (primary N) is 1. The number of hydrogen-bond acceptors (Lipinski definition) is 2. The standard InChI is InChI=1S/C16H17F2N3/c1-21-16(19)14(11-6-5-8(17)7-12(11)18)15(20-21)13-9-3-2-4-10(9)13/h5-7,9-10,13H,2-4,19H2,1H3. The van der Waals surface area contributed by atoms with Crippen molar-refractivity contribution in [3.8, 4) is 11.1 Å². The van der Waals surface area contributed by atoms with Crippen molar-refractivity contribution < 1.29 is 8.78 Å². The molecule has 0 saturated heterocycles. The second-order valence-corrected chi connectivity index (χ2v) is 6.18. The topological polar surface area (TPSA) is 43.8 Å². The summed E-state index contributed by atoms with van der Waals surface area (Å²) in [5.41, 5.74) is 7.98. The molecule has 2 aliphatic rings. The van der Waals surface area contributed by atoms with Crippen LogP contribution in [0.2, 0.25) is 0 Å². The molecule has 2 atom stereocenters. The summed E-state index contributed by atoms with van der Waals surface area (Å²) >= 11 is 0. The van der Waals surface area contributed by atoms with Gasteiger partial charge in [0.1, 0.15) is 17.5 Å². The SMILES string of the molecule is Cn1nc(C2C3CCCC32)c(-c2ccc(F)cc2F)c1N. The van der Waals surface area contributed by atoms with Gasteiger partial charge in [-0.2, -0.15) is 5.10 Å². The molecule has 21 heavy (non-hydrogen) atoms. The molecule has 2 unspecified atom stereocenters. The number of hydrogen-bond donors (Lipinski definition) is 1. The van der Waals surface area contributed by atoms with E-state index in [1.54, 1.807) is 11.7 Å². The van der Waals surface area contributed by atoms with Gasteiger partial charge in [0.05, 0.1) is 11.3 Å². The Morgan fingerprint density at radius 3 is 2.62 bits per heavy atom. The van der Waals surface area contributed by atoms with Crippen LogP contribution in [-0.2, 0) is 7.05 Å². The van der Waals surface area contributed by atoms with E-state index in [0.717, 1.165) is 11.8 Å². The van der Waals surface area contributed by atoms with Crippen molar-refractivity contribution in [2.24, 2.45) is 18.9 Å². The summed E-state index contributed by atoms with van der Waals surface area (Å²) in [6.07, 6.45) is 3.71. The predicted molar refractivity (Wildman–Crippen MR) is 76.5 cm³/mol. The van der Waals surface area contributed by atoms with Crippen LogP contribution >= 0.6 is 0 Å². The van der Waals surface area contributed by atoms with Gasteiger partial charge in [0.15, 0.2) is 0 Å². The average Bonchev–Trinajstić information content (AvgIpc) is 2.78. The normalized spacial score (nSPS) is 26.9. The zero-order chi connectivity index (χ0) is 14.7. The van der Waals surface area contributed by atoms with Crippen LogP contribution in [0.15, 0.2) is 18.2 Å². The van der Waals surface area contributed by atoms with Gasteiger partial charge in [-0.15, -0.1) is 0 Å². The van der Waals surface area contributed by atoms with Crippen molar-refractivity contribution in [2.45, 2.75) is 25.2 Å². The van der Waals surface area contributed by atoms with Crippen molar-refractivity contribution >= 4 is 5.82 Å². The second kappa shape index (κ2) is 4.29. The zero-order valence-electron chi connectivity index (χ0n) is 11.8. The first-order chi connectivity index (χ1) is 10.1. The van der Waals surface area contributed by atoms with E-state index in [2.05, 4.69) is 5.10 Å². The summed E-state index contributed by atoms with van der Waals surface area (Å²) in [7, 11) is 1.77. The molecule has 2 saturated carbocycles.